The number of aliphatic hydroxyl groups is 1. The topological polar surface area (TPSA) is 134 Å². The highest BCUT2D eigenvalue weighted by Crippen LogP contribution is 2.65. The summed E-state index contributed by atoms with van der Waals surface area (Å²) in [5, 5.41) is 16.9. The number of esters is 1. The van der Waals surface area contributed by atoms with E-state index in [0.29, 0.717) is 19.5 Å². The van der Waals surface area contributed by atoms with Gasteiger partial charge < -0.3 is 25.8 Å². The summed E-state index contributed by atoms with van der Waals surface area (Å²) in [7, 11) is 1.28. The predicted octanol–water partition coefficient (Wildman–Crippen LogP) is -0.181. The molecule has 1 unspecified atom stereocenters. The lowest BCUT2D eigenvalue weighted by atomic mass is 9.86. The Morgan fingerprint density at radius 2 is 2.03 bits per heavy atom. The van der Waals surface area contributed by atoms with Crippen molar-refractivity contribution in [3.05, 3.63) is 0 Å². The van der Waals surface area contributed by atoms with Gasteiger partial charge in [0, 0.05) is 19.0 Å². The zero-order valence-electron chi connectivity index (χ0n) is 19.5. The Morgan fingerprint density at radius 3 is 2.55 bits per heavy atom. The SMILES string of the molecule is COC(=O)[C@H](C[C@@H]1CCNC1=O)NC(O)[C@@H]1[C@@H]2[C@H](CN1C(=O)[C@@H](N)C(C)(C)C)C2(C)C. The maximum atomic E-state index is 13.2. The number of nitrogens with zero attached hydrogens (tertiary/aromatic N) is 1. The quantitative estimate of drug-likeness (QED) is 0.320. The van der Waals surface area contributed by atoms with Gasteiger partial charge in [0.2, 0.25) is 11.8 Å². The lowest BCUT2D eigenvalue weighted by molar-refractivity contribution is -0.146. The van der Waals surface area contributed by atoms with Crippen LogP contribution in [0, 0.1) is 28.6 Å². The molecule has 0 aromatic rings. The molecule has 3 fully saturated rings. The number of piperidine rings is 1. The average Bonchev–Trinajstić information content (AvgIpc) is 3.05. The zero-order valence-corrected chi connectivity index (χ0v) is 19.5. The molecule has 1 saturated carbocycles. The lowest BCUT2D eigenvalue weighted by Gasteiger charge is -2.39. The van der Waals surface area contributed by atoms with E-state index in [0.717, 1.165) is 0 Å². The molecular weight excluding hydrogens is 400 g/mol. The first-order valence-corrected chi connectivity index (χ1v) is 11.2. The summed E-state index contributed by atoms with van der Waals surface area (Å²) in [6.07, 6.45) is -0.271. The average molecular weight is 439 g/mol. The van der Waals surface area contributed by atoms with Crippen LogP contribution in [0.3, 0.4) is 0 Å². The third-order valence-electron chi connectivity index (χ3n) is 7.61. The molecule has 3 rings (SSSR count). The van der Waals surface area contributed by atoms with E-state index in [1.807, 2.05) is 20.8 Å². The third-order valence-corrected chi connectivity index (χ3v) is 7.61. The van der Waals surface area contributed by atoms with E-state index in [2.05, 4.69) is 24.5 Å². The fourth-order valence-corrected chi connectivity index (χ4v) is 5.33. The number of nitrogens with one attached hydrogen (secondary N) is 2. The van der Waals surface area contributed by atoms with E-state index >= 15 is 0 Å². The molecule has 5 N–H and O–H groups in total. The van der Waals surface area contributed by atoms with E-state index in [9.17, 15) is 19.5 Å². The van der Waals surface area contributed by atoms with E-state index in [4.69, 9.17) is 10.5 Å². The summed E-state index contributed by atoms with van der Waals surface area (Å²) in [5.41, 5.74) is 5.84. The summed E-state index contributed by atoms with van der Waals surface area (Å²) in [6, 6.07) is -2.03. The second kappa shape index (κ2) is 8.33. The number of amides is 2. The van der Waals surface area contributed by atoms with Crippen molar-refractivity contribution in [1.82, 2.24) is 15.5 Å². The summed E-state index contributed by atoms with van der Waals surface area (Å²) in [5.74, 6) is -0.743. The van der Waals surface area contributed by atoms with Crippen molar-refractivity contribution in [2.75, 3.05) is 20.2 Å². The Balaban J connectivity index is 1.78. The number of aliphatic hydroxyl groups excluding tert-OH is 1. The second-order valence-corrected chi connectivity index (χ2v) is 11.0. The largest absolute Gasteiger partial charge is 0.468 e. The number of nitrogens with two attached hydrogens (primary N) is 1. The Hall–Kier alpha value is -1.71. The van der Waals surface area contributed by atoms with Gasteiger partial charge >= 0.3 is 5.97 Å². The Labute approximate surface area is 184 Å². The smallest absolute Gasteiger partial charge is 0.322 e. The Kier molecular flexibility index (Phi) is 6.43. The standard InChI is InChI=1S/C22H38N4O5/c1-21(2,3)16(23)19(29)26-10-12-14(22(12,4)5)15(26)18(28)25-13(20(30)31-6)9-11-7-8-24-17(11)27/h11-16,18,25,28H,7-10,23H2,1-6H3,(H,24,27)/t11-,12-,13-,14-,15-,16+,18?/m0/s1. The van der Waals surface area contributed by atoms with Gasteiger partial charge in [0.05, 0.1) is 19.2 Å². The molecule has 9 nitrogen and oxygen atoms in total. The minimum absolute atomic E-state index is 0.00202. The van der Waals surface area contributed by atoms with Crippen molar-refractivity contribution in [3.63, 3.8) is 0 Å². The monoisotopic (exact) mass is 438 g/mol. The molecule has 3 aliphatic rings. The summed E-state index contributed by atoms with van der Waals surface area (Å²) in [6.45, 7) is 11.1. The number of rotatable bonds is 7. The lowest BCUT2D eigenvalue weighted by Crippen LogP contribution is -2.60. The molecule has 2 aliphatic heterocycles. The van der Waals surface area contributed by atoms with Gasteiger partial charge in [0.15, 0.2) is 0 Å². The zero-order chi connectivity index (χ0) is 23.3. The number of methoxy groups -OCH3 is 1. The first-order valence-electron chi connectivity index (χ1n) is 11.2. The number of carbonyl (C=O) groups is 3. The van der Waals surface area contributed by atoms with Crippen LogP contribution in [-0.4, -0.2) is 72.3 Å². The maximum Gasteiger partial charge on any atom is 0.322 e. The molecule has 9 heteroatoms. The molecule has 176 valence electrons. The fraction of sp³-hybridized carbons (Fsp3) is 0.864. The Bertz CT molecular complexity index is 734. The molecule has 1 aliphatic carbocycles. The molecule has 31 heavy (non-hydrogen) atoms. The van der Waals surface area contributed by atoms with E-state index in [1.165, 1.54) is 7.11 Å². The minimum atomic E-state index is -1.14. The number of fused-ring (bicyclic) bond motifs is 1. The molecule has 0 radical (unpaired) electrons. The summed E-state index contributed by atoms with van der Waals surface area (Å²) >= 11 is 0. The van der Waals surface area contributed by atoms with E-state index in [1.54, 1.807) is 4.90 Å². The third kappa shape index (κ3) is 4.45. The van der Waals surface area contributed by atoms with Crippen LogP contribution >= 0.6 is 0 Å². The van der Waals surface area contributed by atoms with Gasteiger partial charge in [0.25, 0.3) is 0 Å². The van der Waals surface area contributed by atoms with Crippen molar-refractivity contribution < 1.29 is 24.2 Å². The fourth-order valence-electron chi connectivity index (χ4n) is 5.33. The molecule has 0 bridgehead atoms. The van der Waals surface area contributed by atoms with Crippen molar-refractivity contribution in [3.8, 4) is 0 Å². The number of carbonyl (C=O) groups excluding carboxylic acids is 3. The molecule has 2 heterocycles. The normalized spacial score (nSPS) is 32.1. The van der Waals surface area contributed by atoms with Crippen molar-refractivity contribution >= 4 is 17.8 Å². The summed E-state index contributed by atoms with van der Waals surface area (Å²) < 4.78 is 4.91. The van der Waals surface area contributed by atoms with Crippen LogP contribution in [0.25, 0.3) is 0 Å². The van der Waals surface area contributed by atoms with Crippen LogP contribution < -0.4 is 16.4 Å². The minimum Gasteiger partial charge on any atom is -0.468 e. The number of hydrogen-bond acceptors (Lipinski definition) is 7. The molecular formula is C22H38N4O5. The van der Waals surface area contributed by atoms with Gasteiger partial charge in [-0.1, -0.05) is 34.6 Å². The number of ether oxygens (including phenoxy) is 1. The molecule has 0 aromatic carbocycles. The number of hydrogen-bond donors (Lipinski definition) is 4. The summed E-state index contributed by atoms with van der Waals surface area (Å²) in [4.78, 5) is 39.3. The van der Waals surface area contributed by atoms with E-state index < -0.39 is 35.7 Å². The van der Waals surface area contributed by atoms with Crippen LogP contribution in [0.2, 0.25) is 0 Å². The van der Waals surface area contributed by atoms with Gasteiger partial charge in [0.1, 0.15) is 12.3 Å². The maximum absolute atomic E-state index is 13.2. The van der Waals surface area contributed by atoms with Crippen molar-refractivity contribution in [2.24, 2.45) is 34.3 Å². The van der Waals surface area contributed by atoms with Gasteiger partial charge in [-0.25, -0.2) is 0 Å². The van der Waals surface area contributed by atoms with Crippen LogP contribution in [-0.2, 0) is 19.1 Å². The van der Waals surface area contributed by atoms with Crippen LogP contribution in [0.1, 0.15) is 47.5 Å². The highest BCUT2D eigenvalue weighted by molar-refractivity contribution is 5.84. The van der Waals surface area contributed by atoms with Crippen LogP contribution in [0.15, 0.2) is 0 Å². The predicted molar refractivity (Wildman–Crippen MR) is 114 cm³/mol. The highest BCUT2D eigenvalue weighted by atomic mass is 16.5. The molecule has 2 amide bonds. The van der Waals surface area contributed by atoms with Crippen molar-refractivity contribution in [2.45, 2.75) is 71.8 Å². The van der Waals surface area contributed by atoms with Gasteiger partial charge in [-0.3, -0.25) is 19.7 Å². The molecule has 0 aromatic heterocycles. The van der Waals surface area contributed by atoms with Crippen LogP contribution in [0.4, 0.5) is 0 Å². The first-order chi connectivity index (χ1) is 14.3. The van der Waals surface area contributed by atoms with Gasteiger partial charge in [-0.15, -0.1) is 0 Å². The molecule has 0 spiro atoms. The highest BCUT2D eigenvalue weighted by Gasteiger charge is 2.69. The second-order valence-electron chi connectivity index (χ2n) is 11.0. The Morgan fingerprint density at radius 1 is 1.39 bits per heavy atom. The van der Waals surface area contributed by atoms with Gasteiger partial charge in [-0.05, 0) is 35.5 Å². The first kappa shape index (κ1) is 23.9. The molecule has 7 atom stereocenters. The van der Waals surface area contributed by atoms with Crippen molar-refractivity contribution in [1.29, 1.82) is 0 Å². The van der Waals surface area contributed by atoms with Gasteiger partial charge in [-0.2, -0.15) is 0 Å². The molecule has 2 saturated heterocycles. The number of likely N-dealkylation sites (tertiary alicyclic amines) is 1. The van der Waals surface area contributed by atoms with E-state index in [-0.39, 0.29) is 41.4 Å². The van der Waals surface area contributed by atoms with Crippen LogP contribution in [0.5, 0.6) is 0 Å².